The summed E-state index contributed by atoms with van der Waals surface area (Å²) in [6.45, 7) is 1.89. The van der Waals surface area contributed by atoms with Gasteiger partial charge in [-0.05, 0) is 36.3 Å². The fourth-order valence-electron chi connectivity index (χ4n) is 2.47. The Bertz CT molecular complexity index is 878. The van der Waals surface area contributed by atoms with Crippen molar-refractivity contribution in [1.82, 2.24) is 4.31 Å². The quantitative estimate of drug-likeness (QED) is 0.855. The third-order valence-corrected chi connectivity index (χ3v) is 5.42. The summed E-state index contributed by atoms with van der Waals surface area (Å²) in [6.07, 6.45) is 3.18. The maximum Gasteiger partial charge on any atom is 0.265 e. The van der Waals surface area contributed by atoms with Crippen molar-refractivity contribution in [1.29, 1.82) is 5.26 Å². The average molecular weight is 310 g/mol. The number of benzene rings is 2. The average Bonchev–Trinajstić information content (AvgIpc) is 2.54. The summed E-state index contributed by atoms with van der Waals surface area (Å²) in [5.74, 6) is 0. The van der Waals surface area contributed by atoms with Crippen LogP contribution in [0.25, 0.3) is 6.08 Å². The second-order valence-electron chi connectivity index (χ2n) is 5.12. The molecule has 0 N–H and O–H groups in total. The van der Waals surface area contributed by atoms with Gasteiger partial charge < -0.3 is 0 Å². The molecule has 0 spiro atoms. The maximum atomic E-state index is 12.8. The molecule has 4 nitrogen and oxygen atoms in total. The molecule has 1 atom stereocenters. The number of rotatable bonds is 2. The molecule has 1 unspecified atom stereocenters. The molecule has 0 aliphatic carbocycles. The van der Waals surface area contributed by atoms with Crippen molar-refractivity contribution in [3.8, 4) is 6.07 Å². The van der Waals surface area contributed by atoms with Crippen LogP contribution in [0, 0.1) is 18.3 Å². The van der Waals surface area contributed by atoms with Gasteiger partial charge in [0.1, 0.15) is 0 Å². The highest BCUT2D eigenvalue weighted by Gasteiger charge is 2.32. The van der Waals surface area contributed by atoms with Crippen molar-refractivity contribution in [2.24, 2.45) is 0 Å². The minimum Gasteiger partial charge on any atom is -0.252 e. The van der Waals surface area contributed by atoms with Crippen molar-refractivity contribution in [2.45, 2.75) is 17.9 Å². The highest BCUT2D eigenvalue weighted by molar-refractivity contribution is 7.89. The Morgan fingerprint density at radius 1 is 1.09 bits per heavy atom. The molecule has 22 heavy (non-hydrogen) atoms. The molecular formula is C17H14N2O2S. The van der Waals surface area contributed by atoms with Crippen molar-refractivity contribution in [2.75, 3.05) is 0 Å². The molecule has 0 amide bonds. The third-order valence-electron chi connectivity index (χ3n) is 3.66. The van der Waals surface area contributed by atoms with Gasteiger partial charge in [0, 0.05) is 6.20 Å². The van der Waals surface area contributed by atoms with E-state index in [1.54, 1.807) is 42.5 Å². The van der Waals surface area contributed by atoms with Crippen LogP contribution >= 0.6 is 0 Å². The Labute approximate surface area is 130 Å². The van der Waals surface area contributed by atoms with Crippen LogP contribution in [0.4, 0.5) is 0 Å². The molecule has 0 saturated heterocycles. The van der Waals surface area contributed by atoms with Gasteiger partial charge in [0.25, 0.3) is 10.0 Å². The van der Waals surface area contributed by atoms with Crippen molar-refractivity contribution < 1.29 is 8.42 Å². The Morgan fingerprint density at radius 2 is 1.77 bits per heavy atom. The van der Waals surface area contributed by atoms with Crippen LogP contribution in [0.2, 0.25) is 0 Å². The summed E-state index contributed by atoms with van der Waals surface area (Å²) in [5.41, 5.74) is 2.54. The van der Waals surface area contributed by atoms with Gasteiger partial charge >= 0.3 is 0 Å². The van der Waals surface area contributed by atoms with Gasteiger partial charge in [0.15, 0.2) is 6.04 Å². The molecular weight excluding hydrogens is 296 g/mol. The monoisotopic (exact) mass is 310 g/mol. The number of hydrogen-bond acceptors (Lipinski definition) is 3. The fraction of sp³-hybridized carbons (Fsp3) is 0.118. The van der Waals surface area contributed by atoms with Crippen molar-refractivity contribution in [3.05, 3.63) is 71.4 Å². The van der Waals surface area contributed by atoms with E-state index in [-0.39, 0.29) is 4.90 Å². The normalized spacial score (nSPS) is 16.9. The number of sulfonamides is 1. The summed E-state index contributed by atoms with van der Waals surface area (Å²) in [6, 6.07) is 15.2. The first-order valence-electron chi connectivity index (χ1n) is 6.81. The maximum absolute atomic E-state index is 12.8. The predicted octanol–water partition coefficient (Wildman–Crippen LogP) is 3.23. The molecule has 0 radical (unpaired) electrons. The fourth-order valence-corrected chi connectivity index (χ4v) is 3.85. The molecule has 0 aromatic heterocycles. The lowest BCUT2D eigenvalue weighted by molar-refractivity contribution is 0.461. The molecule has 110 valence electrons. The Balaban J connectivity index is 2.09. The van der Waals surface area contributed by atoms with Gasteiger partial charge in [-0.1, -0.05) is 42.0 Å². The Kier molecular flexibility index (Phi) is 3.47. The zero-order valence-electron chi connectivity index (χ0n) is 12.0. The van der Waals surface area contributed by atoms with Crippen LogP contribution in [-0.4, -0.2) is 12.7 Å². The van der Waals surface area contributed by atoms with Crippen molar-refractivity contribution >= 4 is 16.1 Å². The lowest BCUT2D eigenvalue weighted by Crippen LogP contribution is -2.31. The smallest absolute Gasteiger partial charge is 0.252 e. The highest BCUT2D eigenvalue weighted by atomic mass is 32.2. The SMILES string of the molecule is Cc1ccc(S(=O)(=O)N2C=Cc3ccccc3C2C#N)cc1. The summed E-state index contributed by atoms with van der Waals surface area (Å²) in [5, 5.41) is 9.47. The third kappa shape index (κ3) is 2.28. The zero-order chi connectivity index (χ0) is 15.7. The first-order valence-corrected chi connectivity index (χ1v) is 8.25. The van der Waals surface area contributed by atoms with Gasteiger partial charge in [-0.25, -0.2) is 8.42 Å². The minimum atomic E-state index is -3.76. The number of nitrogens with zero attached hydrogens (tertiary/aromatic N) is 2. The summed E-state index contributed by atoms with van der Waals surface area (Å²) >= 11 is 0. The molecule has 5 heteroatoms. The molecule has 3 rings (SSSR count). The molecule has 1 aliphatic rings. The van der Waals surface area contributed by atoms with E-state index in [2.05, 4.69) is 6.07 Å². The van der Waals surface area contributed by atoms with Crippen LogP contribution in [0.1, 0.15) is 22.7 Å². The summed E-state index contributed by atoms with van der Waals surface area (Å²) in [7, 11) is -3.76. The number of hydrogen-bond donors (Lipinski definition) is 0. The molecule has 0 fully saturated rings. The van der Waals surface area contributed by atoms with Gasteiger partial charge in [-0.15, -0.1) is 0 Å². The minimum absolute atomic E-state index is 0.183. The van der Waals surface area contributed by atoms with E-state index in [1.807, 2.05) is 19.1 Å². The van der Waals surface area contributed by atoms with Crippen LogP contribution in [0.5, 0.6) is 0 Å². The first kappa shape index (κ1) is 14.4. The predicted molar refractivity (Wildman–Crippen MR) is 84.0 cm³/mol. The summed E-state index contributed by atoms with van der Waals surface area (Å²) < 4.78 is 26.7. The standard InChI is InChI=1S/C17H14N2O2S/c1-13-6-8-15(9-7-13)22(20,21)19-11-10-14-4-2-3-5-16(14)17(19)12-18/h2-11,17H,1H3. The van der Waals surface area contributed by atoms with E-state index in [0.29, 0.717) is 5.56 Å². The van der Waals surface area contributed by atoms with Gasteiger partial charge in [-0.2, -0.15) is 5.26 Å². The lowest BCUT2D eigenvalue weighted by Gasteiger charge is -2.29. The van der Waals surface area contributed by atoms with Gasteiger partial charge in [-0.3, -0.25) is 4.31 Å². The lowest BCUT2D eigenvalue weighted by atomic mass is 9.99. The van der Waals surface area contributed by atoms with Crippen LogP contribution in [-0.2, 0) is 10.0 Å². The molecule has 2 aromatic rings. The Morgan fingerprint density at radius 3 is 2.45 bits per heavy atom. The molecule has 0 bridgehead atoms. The second kappa shape index (κ2) is 5.32. The van der Waals surface area contributed by atoms with E-state index in [9.17, 15) is 13.7 Å². The second-order valence-corrected chi connectivity index (χ2v) is 6.97. The summed E-state index contributed by atoms with van der Waals surface area (Å²) in [4.78, 5) is 0.183. The molecule has 2 aromatic carbocycles. The molecule has 1 aliphatic heterocycles. The van der Waals surface area contributed by atoms with Gasteiger partial charge in [0.2, 0.25) is 0 Å². The zero-order valence-corrected chi connectivity index (χ0v) is 12.8. The van der Waals surface area contributed by atoms with Crippen LogP contribution in [0.3, 0.4) is 0 Å². The van der Waals surface area contributed by atoms with E-state index in [4.69, 9.17) is 0 Å². The largest absolute Gasteiger partial charge is 0.265 e. The van der Waals surface area contributed by atoms with Crippen LogP contribution < -0.4 is 0 Å². The van der Waals surface area contributed by atoms with Crippen LogP contribution in [0.15, 0.2) is 59.6 Å². The van der Waals surface area contributed by atoms with Gasteiger partial charge in [0.05, 0.1) is 11.0 Å². The number of fused-ring (bicyclic) bond motifs is 1. The van der Waals surface area contributed by atoms with Crippen molar-refractivity contribution in [3.63, 3.8) is 0 Å². The van der Waals surface area contributed by atoms with E-state index in [0.717, 1.165) is 15.4 Å². The number of aryl methyl sites for hydroxylation is 1. The first-order chi connectivity index (χ1) is 10.5. The molecule has 0 saturated carbocycles. The highest BCUT2D eigenvalue weighted by Crippen LogP contribution is 2.34. The van der Waals surface area contributed by atoms with E-state index >= 15 is 0 Å². The topological polar surface area (TPSA) is 61.2 Å². The van der Waals surface area contributed by atoms with E-state index in [1.165, 1.54) is 6.20 Å². The Hall–Kier alpha value is -2.58. The number of nitriles is 1. The molecule has 1 heterocycles. The van der Waals surface area contributed by atoms with E-state index < -0.39 is 16.1 Å².